The van der Waals surface area contributed by atoms with E-state index < -0.39 is 0 Å². The predicted molar refractivity (Wildman–Crippen MR) is 37.9 cm³/mol. The third-order valence-electron chi connectivity index (χ3n) is 1.26. The van der Waals surface area contributed by atoms with Crippen LogP contribution in [-0.2, 0) is 7.05 Å². The second-order valence-electron chi connectivity index (χ2n) is 2.19. The van der Waals surface area contributed by atoms with Crippen LogP contribution in [0.15, 0.2) is 18.5 Å². The highest BCUT2D eigenvalue weighted by molar-refractivity contribution is 5.95. The van der Waals surface area contributed by atoms with Crippen molar-refractivity contribution in [1.82, 2.24) is 4.57 Å². The average Bonchev–Trinajstić information content (AvgIpc) is 2.14. The van der Waals surface area contributed by atoms with Crippen LogP contribution in [0.3, 0.4) is 0 Å². The summed E-state index contributed by atoms with van der Waals surface area (Å²) >= 11 is 0. The molecule has 0 saturated carbocycles. The van der Waals surface area contributed by atoms with Gasteiger partial charge in [0.15, 0.2) is 0 Å². The molecule has 2 nitrogen and oxygen atoms in total. The van der Waals surface area contributed by atoms with E-state index in [4.69, 9.17) is 5.41 Å². The van der Waals surface area contributed by atoms with Gasteiger partial charge >= 0.3 is 0 Å². The van der Waals surface area contributed by atoms with E-state index >= 15 is 0 Å². The molecule has 48 valence electrons. The van der Waals surface area contributed by atoms with E-state index in [0.29, 0.717) is 5.71 Å². The molecule has 1 aromatic heterocycles. The largest absolute Gasteiger partial charge is 0.357 e. The van der Waals surface area contributed by atoms with Gasteiger partial charge in [0.05, 0.1) is 0 Å². The van der Waals surface area contributed by atoms with E-state index in [9.17, 15) is 0 Å². The van der Waals surface area contributed by atoms with Gasteiger partial charge in [0.2, 0.25) is 0 Å². The average molecular weight is 122 g/mol. The fourth-order valence-corrected chi connectivity index (χ4v) is 0.725. The summed E-state index contributed by atoms with van der Waals surface area (Å²) in [5.41, 5.74) is 1.62. The van der Waals surface area contributed by atoms with E-state index in [0.717, 1.165) is 5.56 Å². The zero-order chi connectivity index (χ0) is 6.85. The van der Waals surface area contributed by atoms with Gasteiger partial charge in [0.25, 0.3) is 0 Å². The van der Waals surface area contributed by atoms with Gasteiger partial charge in [-0.25, -0.2) is 0 Å². The molecule has 0 aromatic carbocycles. The summed E-state index contributed by atoms with van der Waals surface area (Å²) < 4.78 is 1.94. The maximum atomic E-state index is 7.24. The van der Waals surface area contributed by atoms with Gasteiger partial charge in [-0.1, -0.05) is 0 Å². The van der Waals surface area contributed by atoms with Crippen molar-refractivity contribution < 1.29 is 0 Å². The van der Waals surface area contributed by atoms with E-state index in [1.165, 1.54) is 0 Å². The second-order valence-corrected chi connectivity index (χ2v) is 2.19. The smallest absolute Gasteiger partial charge is 0.0370 e. The lowest BCUT2D eigenvalue weighted by molar-refractivity contribution is 0.927. The Morgan fingerprint density at radius 2 is 2.33 bits per heavy atom. The van der Waals surface area contributed by atoms with Crippen molar-refractivity contribution in [3.8, 4) is 0 Å². The Hall–Kier alpha value is -1.05. The van der Waals surface area contributed by atoms with Gasteiger partial charge in [-0.15, -0.1) is 0 Å². The van der Waals surface area contributed by atoms with Crippen molar-refractivity contribution in [2.24, 2.45) is 7.05 Å². The van der Waals surface area contributed by atoms with Crippen LogP contribution in [0.25, 0.3) is 0 Å². The van der Waals surface area contributed by atoms with Crippen molar-refractivity contribution in [1.29, 1.82) is 5.41 Å². The summed E-state index contributed by atoms with van der Waals surface area (Å²) in [7, 11) is 1.95. The topological polar surface area (TPSA) is 28.8 Å². The standard InChI is InChI=1S/C7H10N2/c1-6(8)7-3-4-9(2)5-7/h3-5,8H,1-2H3. The molecule has 1 rings (SSSR count). The molecule has 1 heterocycles. The maximum Gasteiger partial charge on any atom is 0.0370 e. The van der Waals surface area contributed by atoms with Gasteiger partial charge < -0.3 is 9.98 Å². The van der Waals surface area contributed by atoms with Gasteiger partial charge in [0.1, 0.15) is 0 Å². The zero-order valence-corrected chi connectivity index (χ0v) is 5.68. The highest BCUT2D eigenvalue weighted by atomic mass is 14.9. The molecule has 0 aliphatic rings. The van der Waals surface area contributed by atoms with Crippen LogP contribution in [0.1, 0.15) is 12.5 Å². The molecule has 0 fully saturated rings. The molecule has 0 radical (unpaired) electrons. The van der Waals surface area contributed by atoms with Crippen LogP contribution < -0.4 is 0 Å². The lowest BCUT2D eigenvalue weighted by Crippen LogP contribution is -1.88. The second kappa shape index (κ2) is 2.05. The highest BCUT2D eigenvalue weighted by Crippen LogP contribution is 1.98. The molecule has 9 heavy (non-hydrogen) atoms. The number of nitrogens with zero attached hydrogens (tertiary/aromatic N) is 1. The number of hydrogen-bond acceptors (Lipinski definition) is 1. The Kier molecular flexibility index (Phi) is 1.39. The quantitative estimate of drug-likeness (QED) is 0.546. The van der Waals surface area contributed by atoms with Crippen LogP contribution in [0.5, 0.6) is 0 Å². The molecule has 0 bridgehead atoms. The Morgan fingerprint density at radius 1 is 1.67 bits per heavy atom. The summed E-state index contributed by atoms with van der Waals surface area (Å²) in [6.07, 6.45) is 3.87. The molecule has 0 unspecified atom stereocenters. The third kappa shape index (κ3) is 1.19. The van der Waals surface area contributed by atoms with E-state index in [1.807, 2.05) is 30.1 Å². The Morgan fingerprint density at radius 3 is 2.56 bits per heavy atom. The van der Waals surface area contributed by atoms with Crippen molar-refractivity contribution in [3.63, 3.8) is 0 Å². The van der Waals surface area contributed by atoms with Gasteiger partial charge in [-0.2, -0.15) is 0 Å². The Bertz CT molecular complexity index is 223. The lowest BCUT2D eigenvalue weighted by Gasteiger charge is -1.87. The molecule has 0 aliphatic heterocycles. The molecule has 0 atom stereocenters. The van der Waals surface area contributed by atoms with E-state index in [1.54, 1.807) is 6.92 Å². The molecule has 0 saturated heterocycles. The van der Waals surface area contributed by atoms with Gasteiger partial charge in [0, 0.05) is 30.7 Å². The summed E-state index contributed by atoms with van der Waals surface area (Å²) in [6, 6.07) is 1.93. The van der Waals surface area contributed by atoms with Crippen molar-refractivity contribution in [3.05, 3.63) is 24.0 Å². The van der Waals surface area contributed by atoms with Crippen molar-refractivity contribution in [2.75, 3.05) is 0 Å². The van der Waals surface area contributed by atoms with Crippen LogP contribution in [0.2, 0.25) is 0 Å². The van der Waals surface area contributed by atoms with Gasteiger partial charge in [-0.05, 0) is 13.0 Å². The molecule has 1 aromatic rings. The number of hydrogen-bond donors (Lipinski definition) is 1. The molecule has 0 spiro atoms. The fraction of sp³-hybridized carbons (Fsp3) is 0.286. The first kappa shape index (κ1) is 6.08. The number of aromatic nitrogens is 1. The minimum absolute atomic E-state index is 0.621. The molecule has 2 heteroatoms. The van der Waals surface area contributed by atoms with Crippen LogP contribution in [-0.4, -0.2) is 10.3 Å². The summed E-state index contributed by atoms with van der Waals surface area (Å²) in [5.74, 6) is 0. The minimum atomic E-state index is 0.621. The Balaban J connectivity index is 2.98. The molecule has 0 amide bonds. The van der Waals surface area contributed by atoms with E-state index in [2.05, 4.69) is 0 Å². The third-order valence-corrected chi connectivity index (χ3v) is 1.26. The first-order valence-electron chi connectivity index (χ1n) is 2.87. The van der Waals surface area contributed by atoms with Crippen LogP contribution in [0, 0.1) is 5.41 Å². The summed E-state index contributed by atoms with van der Waals surface area (Å²) in [4.78, 5) is 0. The summed E-state index contributed by atoms with van der Waals surface area (Å²) in [6.45, 7) is 1.79. The van der Waals surface area contributed by atoms with Gasteiger partial charge in [-0.3, -0.25) is 0 Å². The minimum Gasteiger partial charge on any atom is -0.357 e. The summed E-state index contributed by atoms with van der Waals surface area (Å²) in [5, 5.41) is 7.24. The zero-order valence-electron chi connectivity index (χ0n) is 5.68. The molecular formula is C7H10N2. The van der Waals surface area contributed by atoms with Crippen molar-refractivity contribution in [2.45, 2.75) is 6.92 Å². The maximum absolute atomic E-state index is 7.24. The van der Waals surface area contributed by atoms with E-state index in [-0.39, 0.29) is 0 Å². The first-order chi connectivity index (χ1) is 4.20. The SMILES string of the molecule is CC(=N)c1ccn(C)c1. The lowest BCUT2D eigenvalue weighted by atomic mass is 10.2. The fourth-order valence-electron chi connectivity index (χ4n) is 0.725. The monoisotopic (exact) mass is 122 g/mol. The normalized spacial score (nSPS) is 9.56. The number of aryl methyl sites for hydroxylation is 1. The first-order valence-corrected chi connectivity index (χ1v) is 2.87. The number of rotatable bonds is 1. The Labute approximate surface area is 54.6 Å². The van der Waals surface area contributed by atoms with Crippen molar-refractivity contribution >= 4 is 5.71 Å². The molecular weight excluding hydrogens is 112 g/mol. The molecule has 0 aliphatic carbocycles. The molecule has 1 N–H and O–H groups in total. The predicted octanol–water partition coefficient (Wildman–Crippen LogP) is 1.41. The number of nitrogens with one attached hydrogen (secondary N) is 1. The van der Waals surface area contributed by atoms with Crippen LogP contribution >= 0.6 is 0 Å². The highest BCUT2D eigenvalue weighted by Gasteiger charge is 1.93. The van der Waals surface area contributed by atoms with Crippen LogP contribution in [0.4, 0.5) is 0 Å².